The molecule has 2 amide bonds. The van der Waals surface area contributed by atoms with Gasteiger partial charge in [0.05, 0.1) is 5.41 Å². The fourth-order valence-electron chi connectivity index (χ4n) is 5.47. The highest BCUT2D eigenvalue weighted by molar-refractivity contribution is 5.84. The van der Waals surface area contributed by atoms with Crippen molar-refractivity contribution < 1.29 is 14.1 Å². The summed E-state index contributed by atoms with van der Waals surface area (Å²) >= 11 is 0. The molecule has 0 spiro atoms. The monoisotopic (exact) mass is 437 g/mol. The van der Waals surface area contributed by atoms with Crippen LogP contribution in [-0.4, -0.2) is 54.0 Å². The molecule has 2 fully saturated rings. The molecule has 1 saturated carbocycles. The number of likely N-dealkylation sites (tertiary alicyclic amines) is 1. The van der Waals surface area contributed by atoms with Gasteiger partial charge in [-0.15, -0.1) is 0 Å². The fourth-order valence-corrected chi connectivity index (χ4v) is 5.47. The van der Waals surface area contributed by atoms with Gasteiger partial charge in [-0.2, -0.15) is 0 Å². The van der Waals surface area contributed by atoms with Crippen LogP contribution in [0.3, 0.4) is 0 Å². The number of aromatic nitrogens is 1. The number of carbonyl (C=O) groups is 2. The molecule has 2 aromatic rings. The first kappa shape index (κ1) is 22.6. The summed E-state index contributed by atoms with van der Waals surface area (Å²) in [6.07, 6.45) is 8.71. The quantitative estimate of drug-likeness (QED) is 0.637. The Labute approximate surface area is 190 Å². The second-order valence-corrected chi connectivity index (χ2v) is 9.81. The second kappa shape index (κ2) is 9.88. The summed E-state index contributed by atoms with van der Waals surface area (Å²) in [4.78, 5) is 30.0. The first-order chi connectivity index (χ1) is 15.5. The number of hydrogen-bond acceptors (Lipinski definition) is 4. The first-order valence-corrected chi connectivity index (χ1v) is 12.0. The van der Waals surface area contributed by atoms with Crippen molar-refractivity contribution in [1.29, 1.82) is 0 Å². The van der Waals surface area contributed by atoms with E-state index in [1.165, 1.54) is 25.7 Å². The average molecular weight is 438 g/mol. The third-order valence-corrected chi connectivity index (χ3v) is 7.17. The summed E-state index contributed by atoms with van der Waals surface area (Å²) in [6, 6.07) is 11.8. The zero-order chi connectivity index (χ0) is 22.6. The van der Waals surface area contributed by atoms with Gasteiger partial charge in [0.1, 0.15) is 11.5 Å². The molecule has 1 atom stereocenters. The van der Waals surface area contributed by atoms with Crippen LogP contribution in [0.2, 0.25) is 0 Å². The van der Waals surface area contributed by atoms with Gasteiger partial charge in [0.25, 0.3) is 0 Å². The number of piperidine rings is 1. The summed E-state index contributed by atoms with van der Waals surface area (Å²) in [5.41, 5.74) is 1.09. The molecule has 2 heterocycles. The van der Waals surface area contributed by atoms with Crippen LogP contribution < -0.4 is 0 Å². The number of carbonyl (C=O) groups excluding carboxylic acids is 2. The topological polar surface area (TPSA) is 66.7 Å². The van der Waals surface area contributed by atoms with Crippen molar-refractivity contribution in [3.63, 3.8) is 0 Å². The third-order valence-electron chi connectivity index (χ3n) is 7.17. The van der Waals surface area contributed by atoms with Gasteiger partial charge in [0.2, 0.25) is 11.8 Å². The highest BCUT2D eigenvalue weighted by Crippen LogP contribution is 2.37. The molecule has 1 unspecified atom stereocenters. The number of rotatable bonds is 7. The molecule has 0 N–H and O–H groups in total. The molecular weight excluding hydrogens is 402 g/mol. The molecular formula is C26H35N3O3. The van der Waals surface area contributed by atoms with Gasteiger partial charge in [-0.1, -0.05) is 61.2 Å². The molecule has 1 aromatic carbocycles. The summed E-state index contributed by atoms with van der Waals surface area (Å²) in [5.74, 6) is 1.64. The molecule has 6 heteroatoms. The number of nitrogens with zero attached hydrogens (tertiary/aromatic N) is 3. The van der Waals surface area contributed by atoms with Crippen molar-refractivity contribution >= 4 is 11.8 Å². The Morgan fingerprint density at radius 3 is 2.62 bits per heavy atom. The smallest absolute Gasteiger partial charge is 0.230 e. The minimum Gasteiger partial charge on any atom is -0.361 e. The summed E-state index contributed by atoms with van der Waals surface area (Å²) < 4.78 is 5.66. The molecule has 32 heavy (non-hydrogen) atoms. The largest absolute Gasteiger partial charge is 0.361 e. The number of hydrogen-bond donors (Lipinski definition) is 0. The van der Waals surface area contributed by atoms with Crippen LogP contribution in [0.15, 0.2) is 40.9 Å². The van der Waals surface area contributed by atoms with Crippen LogP contribution in [0.25, 0.3) is 11.3 Å². The van der Waals surface area contributed by atoms with E-state index in [0.717, 1.165) is 37.1 Å². The molecule has 4 rings (SSSR count). The minimum absolute atomic E-state index is 0.0588. The van der Waals surface area contributed by atoms with Crippen molar-refractivity contribution in [1.82, 2.24) is 15.0 Å². The van der Waals surface area contributed by atoms with Gasteiger partial charge in [0.15, 0.2) is 0 Å². The van der Waals surface area contributed by atoms with E-state index < -0.39 is 5.41 Å². The van der Waals surface area contributed by atoms with Crippen LogP contribution >= 0.6 is 0 Å². The van der Waals surface area contributed by atoms with Gasteiger partial charge in [-0.25, -0.2) is 0 Å². The Hall–Kier alpha value is -2.63. The summed E-state index contributed by atoms with van der Waals surface area (Å²) in [7, 11) is 3.58. The van der Waals surface area contributed by atoms with Crippen molar-refractivity contribution in [3.8, 4) is 11.3 Å². The van der Waals surface area contributed by atoms with Crippen LogP contribution in [0.4, 0.5) is 0 Å². The number of amides is 2. The molecule has 2 aliphatic rings. The van der Waals surface area contributed by atoms with Crippen LogP contribution in [0.5, 0.6) is 0 Å². The minimum atomic E-state index is -0.668. The van der Waals surface area contributed by atoms with Gasteiger partial charge in [0, 0.05) is 51.7 Å². The predicted octanol–water partition coefficient (Wildman–Crippen LogP) is 4.55. The number of benzene rings is 1. The SMILES string of the molecule is CN(C)C(=O)C1(Cc2cc(-c3ccccc3)no2)CCCN(C(=O)CCC2CCCC2)C1. The van der Waals surface area contributed by atoms with Crippen molar-refractivity contribution in [3.05, 3.63) is 42.2 Å². The van der Waals surface area contributed by atoms with Gasteiger partial charge < -0.3 is 14.3 Å². The van der Waals surface area contributed by atoms with E-state index in [4.69, 9.17) is 4.52 Å². The van der Waals surface area contributed by atoms with Crippen molar-refractivity contribution in [2.75, 3.05) is 27.2 Å². The van der Waals surface area contributed by atoms with Gasteiger partial charge >= 0.3 is 0 Å². The zero-order valence-electron chi connectivity index (χ0n) is 19.4. The van der Waals surface area contributed by atoms with Crippen molar-refractivity contribution in [2.45, 2.75) is 57.8 Å². The fraction of sp³-hybridized carbons (Fsp3) is 0.577. The van der Waals surface area contributed by atoms with Gasteiger partial charge in [-0.3, -0.25) is 9.59 Å². The Bertz CT molecular complexity index is 917. The lowest BCUT2D eigenvalue weighted by Crippen LogP contribution is -2.54. The molecule has 6 nitrogen and oxygen atoms in total. The van der Waals surface area contributed by atoms with E-state index >= 15 is 0 Å². The Balaban J connectivity index is 1.49. The lowest BCUT2D eigenvalue weighted by molar-refractivity contribution is -0.147. The molecule has 1 aliphatic heterocycles. The van der Waals surface area contributed by atoms with Crippen molar-refractivity contribution in [2.24, 2.45) is 11.3 Å². The molecule has 0 radical (unpaired) electrons. The van der Waals surface area contributed by atoms with E-state index in [1.54, 1.807) is 19.0 Å². The van der Waals surface area contributed by atoms with Crippen LogP contribution in [0.1, 0.15) is 57.1 Å². The van der Waals surface area contributed by atoms with E-state index in [0.29, 0.717) is 31.1 Å². The second-order valence-electron chi connectivity index (χ2n) is 9.81. The summed E-state index contributed by atoms with van der Waals surface area (Å²) in [6.45, 7) is 1.19. The maximum absolute atomic E-state index is 13.4. The Morgan fingerprint density at radius 2 is 1.91 bits per heavy atom. The van der Waals surface area contributed by atoms with E-state index in [1.807, 2.05) is 41.3 Å². The zero-order valence-corrected chi connectivity index (χ0v) is 19.4. The van der Waals surface area contributed by atoms with Crippen LogP contribution in [0, 0.1) is 11.3 Å². The Morgan fingerprint density at radius 1 is 1.16 bits per heavy atom. The highest BCUT2D eigenvalue weighted by Gasteiger charge is 2.45. The van der Waals surface area contributed by atoms with Crippen LogP contribution in [-0.2, 0) is 16.0 Å². The van der Waals surface area contributed by atoms with E-state index in [2.05, 4.69) is 5.16 Å². The molecule has 1 aliphatic carbocycles. The van der Waals surface area contributed by atoms with Gasteiger partial charge in [-0.05, 0) is 25.2 Å². The standard InChI is InChI=1S/C26H35N3O3/c1-28(2)25(31)26(18-22-17-23(27-32-22)21-11-4-3-5-12-21)15-8-16-29(19-26)24(30)14-13-20-9-6-7-10-20/h3-5,11-12,17,20H,6-10,13-16,18-19H2,1-2H3. The highest BCUT2D eigenvalue weighted by atomic mass is 16.5. The molecule has 1 saturated heterocycles. The third kappa shape index (κ3) is 5.05. The summed E-state index contributed by atoms with van der Waals surface area (Å²) in [5, 5.41) is 4.23. The average Bonchev–Trinajstić information content (AvgIpc) is 3.50. The maximum atomic E-state index is 13.4. The molecule has 1 aromatic heterocycles. The molecule has 0 bridgehead atoms. The van der Waals surface area contributed by atoms with E-state index in [9.17, 15) is 9.59 Å². The normalized spacial score (nSPS) is 21.6. The van der Waals surface area contributed by atoms with E-state index in [-0.39, 0.29) is 11.8 Å². The Kier molecular flexibility index (Phi) is 6.97. The molecule has 172 valence electrons. The lowest BCUT2D eigenvalue weighted by atomic mass is 9.75. The predicted molar refractivity (Wildman–Crippen MR) is 124 cm³/mol. The lowest BCUT2D eigenvalue weighted by Gasteiger charge is -2.42. The maximum Gasteiger partial charge on any atom is 0.230 e. The first-order valence-electron chi connectivity index (χ1n) is 12.0.